The molecule has 1 amide bonds. The van der Waals surface area contributed by atoms with Crippen LogP contribution in [0.3, 0.4) is 0 Å². The van der Waals surface area contributed by atoms with Crippen LogP contribution in [0.15, 0.2) is 12.3 Å². The second-order valence-corrected chi connectivity index (χ2v) is 2.97. The number of aryl methyl sites for hydroxylation is 1. The van der Waals surface area contributed by atoms with Crippen molar-refractivity contribution in [3.05, 3.63) is 23.5 Å². The molecule has 13 heavy (non-hydrogen) atoms. The molecule has 0 fully saturated rings. The summed E-state index contributed by atoms with van der Waals surface area (Å²) in [5, 5.41) is 2.82. The lowest BCUT2D eigenvalue weighted by molar-refractivity contribution is -0.115. The molecule has 0 aliphatic rings. The average Bonchev–Trinajstić information content (AvgIpc) is 2.13. The molecule has 1 N–H and O–H groups in total. The summed E-state index contributed by atoms with van der Waals surface area (Å²) in [6.45, 7) is 5.71. The van der Waals surface area contributed by atoms with Crippen LogP contribution in [0.2, 0.25) is 0 Å². The number of carbonyl (C=O) groups is 1. The Bertz CT molecular complexity index is 321. The molecule has 3 nitrogen and oxygen atoms in total. The third-order valence-corrected chi connectivity index (χ3v) is 2.05. The molecule has 0 atom stereocenters. The number of rotatable bonds is 2. The lowest BCUT2D eigenvalue weighted by Gasteiger charge is -2.08. The first kappa shape index (κ1) is 9.71. The largest absolute Gasteiger partial charge is 0.326 e. The molecular formula is C10H14N2O. The molecule has 70 valence electrons. The fourth-order valence-electron chi connectivity index (χ4n) is 1.01. The Hall–Kier alpha value is -1.38. The summed E-state index contributed by atoms with van der Waals surface area (Å²) in [4.78, 5) is 15.2. The molecule has 3 heteroatoms. The number of amides is 1. The highest BCUT2D eigenvalue weighted by Crippen LogP contribution is 2.15. The first-order valence-electron chi connectivity index (χ1n) is 4.37. The van der Waals surface area contributed by atoms with Gasteiger partial charge < -0.3 is 5.32 Å². The molecule has 0 saturated heterocycles. The van der Waals surface area contributed by atoms with Crippen LogP contribution in [0.5, 0.6) is 0 Å². The zero-order valence-electron chi connectivity index (χ0n) is 8.22. The topological polar surface area (TPSA) is 42.0 Å². The summed E-state index contributed by atoms with van der Waals surface area (Å²) in [6, 6.07) is 1.82. The molecule has 1 heterocycles. The lowest BCUT2D eigenvalue weighted by Crippen LogP contribution is -2.11. The molecule has 1 rings (SSSR count). The SMILES string of the molecule is CCC(=O)Nc1ccnc(C)c1C. The zero-order chi connectivity index (χ0) is 9.84. The third-order valence-electron chi connectivity index (χ3n) is 2.05. The van der Waals surface area contributed by atoms with Crippen LogP contribution in [0.1, 0.15) is 24.6 Å². The van der Waals surface area contributed by atoms with Crippen LogP contribution >= 0.6 is 0 Å². The average molecular weight is 178 g/mol. The molecule has 0 aliphatic heterocycles. The fraction of sp³-hybridized carbons (Fsp3) is 0.400. The highest BCUT2D eigenvalue weighted by atomic mass is 16.1. The van der Waals surface area contributed by atoms with Gasteiger partial charge in [0.1, 0.15) is 0 Å². The Balaban J connectivity index is 2.89. The maximum Gasteiger partial charge on any atom is 0.224 e. The van der Waals surface area contributed by atoms with Crippen LogP contribution in [-0.4, -0.2) is 10.9 Å². The Morgan fingerprint density at radius 1 is 1.54 bits per heavy atom. The van der Waals surface area contributed by atoms with Crippen LogP contribution in [-0.2, 0) is 4.79 Å². The van der Waals surface area contributed by atoms with E-state index in [2.05, 4.69) is 10.3 Å². The zero-order valence-corrected chi connectivity index (χ0v) is 8.22. The van der Waals surface area contributed by atoms with E-state index in [1.54, 1.807) is 6.20 Å². The molecule has 0 aromatic carbocycles. The molecule has 0 radical (unpaired) electrons. The van der Waals surface area contributed by atoms with Crippen LogP contribution in [0, 0.1) is 13.8 Å². The second-order valence-electron chi connectivity index (χ2n) is 2.97. The summed E-state index contributed by atoms with van der Waals surface area (Å²) in [7, 11) is 0. The monoisotopic (exact) mass is 178 g/mol. The number of pyridine rings is 1. The van der Waals surface area contributed by atoms with Gasteiger partial charge in [-0.3, -0.25) is 9.78 Å². The smallest absolute Gasteiger partial charge is 0.224 e. The number of hydrogen-bond donors (Lipinski definition) is 1. The van der Waals surface area contributed by atoms with Gasteiger partial charge in [-0.05, 0) is 25.5 Å². The molecule has 0 aliphatic carbocycles. The number of anilines is 1. The molecule has 1 aromatic rings. The van der Waals surface area contributed by atoms with E-state index >= 15 is 0 Å². The summed E-state index contributed by atoms with van der Waals surface area (Å²) >= 11 is 0. The number of carbonyl (C=O) groups excluding carboxylic acids is 1. The van der Waals surface area contributed by atoms with E-state index in [1.165, 1.54) is 0 Å². The van der Waals surface area contributed by atoms with Gasteiger partial charge in [-0.25, -0.2) is 0 Å². The summed E-state index contributed by atoms with van der Waals surface area (Å²) in [5.74, 6) is 0.0358. The molecule has 0 spiro atoms. The number of hydrogen-bond acceptors (Lipinski definition) is 2. The molecular weight excluding hydrogens is 164 g/mol. The normalized spacial score (nSPS) is 9.77. The quantitative estimate of drug-likeness (QED) is 0.753. The van der Waals surface area contributed by atoms with Gasteiger partial charge in [-0.15, -0.1) is 0 Å². The molecule has 0 bridgehead atoms. The molecule has 0 saturated carbocycles. The van der Waals surface area contributed by atoms with E-state index in [1.807, 2.05) is 26.8 Å². The van der Waals surface area contributed by atoms with E-state index in [0.717, 1.165) is 16.9 Å². The summed E-state index contributed by atoms with van der Waals surface area (Å²) in [6.07, 6.45) is 2.20. The van der Waals surface area contributed by atoms with Crippen LogP contribution in [0.25, 0.3) is 0 Å². The number of aromatic nitrogens is 1. The minimum absolute atomic E-state index is 0.0358. The predicted octanol–water partition coefficient (Wildman–Crippen LogP) is 2.05. The molecule has 1 aromatic heterocycles. The maximum atomic E-state index is 11.1. The highest BCUT2D eigenvalue weighted by Gasteiger charge is 2.03. The van der Waals surface area contributed by atoms with Crippen molar-refractivity contribution < 1.29 is 4.79 Å². The lowest BCUT2D eigenvalue weighted by atomic mass is 10.2. The first-order chi connectivity index (χ1) is 6.15. The van der Waals surface area contributed by atoms with Gasteiger partial charge in [-0.2, -0.15) is 0 Å². The van der Waals surface area contributed by atoms with Gasteiger partial charge in [0.25, 0.3) is 0 Å². The van der Waals surface area contributed by atoms with Crippen molar-refractivity contribution in [2.75, 3.05) is 5.32 Å². The number of nitrogens with zero attached hydrogens (tertiary/aromatic N) is 1. The van der Waals surface area contributed by atoms with Crippen molar-refractivity contribution in [1.82, 2.24) is 4.98 Å². The highest BCUT2D eigenvalue weighted by molar-refractivity contribution is 5.91. The van der Waals surface area contributed by atoms with Gasteiger partial charge >= 0.3 is 0 Å². The van der Waals surface area contributed by atoms with Crippen molar-refractivity contribution in [3.63, 3.8) is 0 Å². The van der Waals surface area contributed by atoms with Gasteiger partial charge in [-0.1, -0.05) is 6.92 Å². The Kier molecular flexibility index (Phi) is 3.01. The standard InChI is InChI=1S/C10H14N2O/c1-4-10(13)12-9-5-6-11-8(3)7(9)2/h5-6H,4H2,1-3H3,(H,11,12,13). The van der Waals surface area contributed by atoms with E-state index in [9.17, 15) is 4.79 Å². The van der Waals surface area contributed by atoms with Gasteiger partial charge in [0.2, 0.25) is 5.91 Å². The number of nitrogens with one attached hydrogen (secondary N) is 1. The predicted molar refractivity (Wildman–Crippen MR) is 52.6 cm³/mol. The van der Waals surface area contributed by atoms with E-state index in [0.29, 0.717) is 6.42 Å². The van der Waals surface area contributed by atoms with Crippen molar-refractivity contribution in [3.8, 4) is 0 Å². The summed E-state index contributed by atoms with van der Waals surface area (Å²) < 4.78 is 0. The maximum absolute atomic E-state index is 11.1. The minimum Gasteiger partial charge on any atom is -0.326 e. The van der Waals surface area contributed by atoms with Crippen molar-refractivity contribution in [2.24, 2.45) is 0 Å². The van der Waals surface area contributed by atoms with E-state index in [-0.39, 0.29) is 5.91 Å². The Morgan fingerprint density at radius 3 is 2.85 bits per heavy atom. The van der Waals surface area contributed by atoms with Crippen molar-refractivity contribution in [1.29, 1.82) is 0 Å². The van der Waals surface area contributed by atoms with Gasteiger partial charge in [0, 0.05) is 24.0 Å². The Morgan fingerprint density at radius 2 is 2.23 bits per heavy atom. The van der Waals surface area contributed by atoms with Crippen molar-refractivity contribution in [2.45, 2.75) is 27.2 Å². The van der Waals surface area contributed by atoms with Crippen molar-refractivity contribution >= 4 is 11.6 Å². The minimum atomic E-state index is 0.0358. The third kappa shape index (κ3) is 2.28. The summed E-state index contributed by atoms with van der Waals surface area (Å²) in [5.41, 5.74) is 2.84. The van der Waals surface area contributed by atoms with E-state index < -0.39 is 0 Å². The fourth-order valence-corrected chi connectivity index (χ4v) is 1.01. The van der Waals surface area contributed by atoms with Gasteiger partial charge in [0.15, 0.2) is 0 Å². The first-order valence-corrected chi connectivity index (χ1v) is 4.37. The second kappa shape index (κ2) is 4.03. The van der Waals surface area contributed by atoms with Crippen LogP contribution in [0.4, 0.5) is 5.69 Å². The van der Waals surface area contributed by atoms with Crippen LogP contribution < -0.4 is 5.32 Å². The molecule has 0 unspecified atom stereocenters. The van der Waals surface area contributed by atoms with E-state index in [4.69, 9.17) is 0 Å². The Labute approximate surface area is 78.2 Å². The van der Waals surface area contributed by atoms with Gasteiger partial charge in [0.05, 0.1) is 0 Å².